The van der Waals surface area contributed by atoms with Gasteiger partial charge in [-0.25, -0.2) is 13.2 Å². The molecule has 0 aromatic heterocycles. The number of piperidine rings is 1. The van der Waals surface area contributed by atoms with Crippen LogP contribution in [0, 0.1) is 0 Å². The summed E-state index contributed by atoms with van der Waals surface area (Å²) < 4.78 is 30.8. The first-order chi connectivity index (χ1) is 9.45. The Labute approximate surface area is 118 Å². The first-order valence-electron chi connectivity index (χ1n) is 6.39. The molecular weight excluding hydrogens is 280 g/mol. The Kier molecular flexibility index (Phi) is 4.42. The van der Waals surface area contributed by atoms with Gasteiger partial charge in [0.05, 0.1) is 17.6 Å². The van der Waals surface area contributed by atoms with Gasteiger partial charge in [-0.15, -0.1) is 0 Å². The van der Waals surface area contributed by atoms with E-state index in [9.17, 15) is 13.2 Å². The predicted molar refractivity (Wildman–Crippen MR) is 73.7 cm³/mol. The molecule has 1 aliphatic rings. The second kappa shape index (κ2) is 5.90. The summed E-state index contributed by atoms with van der Waals surface area (Å²) in [6, 6.07) is 5.61. The van der Waals surface area contributed by atoms with Crippen molar-refractivity contribution in [2.24, 2.45) is 5.73 Å². The lowest BCUT2D eigenvalue weighted by atomic mass is 10.1. The van der Waals surface area contributed by atoms with Crippen LogP contribution in [0.3, 0.4) is 0 Å². The third-order valence-electron chi connectivity index (χ3n) is 3.33. The molecule has 0 saturated carbocycles. The zero-order chi connectivity index (χ0) is 14.8. The number of ether oxygens (including phenoxy) is 1. The topological polar surface area (TPSA) is 89.7 Å². The number of carbonyl (C=O) groups excluding carboxylic acids is 1. The molecule has 1 aliphatic heterocycles. The zero-order valence-corrected chi connectivity index (χ0v) is 12.1. The van der Waals surface area contributed by atoms with Crippen molar-refractivity contribution in [3.63, 3.8) is 0 Å². The lowest BCUT2D eigenvalue weighted by molar-refractivity contribution is 0.0600. The van der Waals surface area contributed by atoms with Crippen molar-refractivity contribution in [2.75, 3.05) is 20.2 Å². The van der Waals surface area contributed by atoms with Gasteiger partial charge in [-0.3, -0.25) is 0 Å². The monoisotopic (exact) mass is 298 g/mol. The molecule has 2 N–H and O–H groups in total. The largest absolute Gasteiger partial charge is 0.465 e. The molecule has 0 radical (unpaired) electrons. The number of nitrogens with zero attached hydrogens (tertiary/aromatic N) is 1. The molecule has 0 amide bonds. The van der Waals surface area contributed by atoms with Gasteiger partial charge in [0.2, 0.25) is 10.0 Å². The van der Waals surface area contributed by atoms with Gasteiger partial charge in [0.1, 0.15) is 0 Å². The molecule has 2 rings (SSSR count). The van der Waals surface area contributed by atoms with Crippen molar-refractivity contribution in [3.05, 3.63) is 29.8 Å². The summed E-state index contributed by atoms with van der Waals surface area (Å²) in [6.45, 7) is 0.815. The van der Waals surface area contributed by atoms with Crippen LogP contribution in [0.5, 0.6) is 0 Å². The summed E-state index contributed by atoms with van der Waals surface area (Å²) in [7, 11) is -2.26. The van der Waals surface area contributed by atoms with E-state index in [-0.39, 0.29) is 10.9 Å². The van der Waals surface area contributed by atoms with Gasteiger partial charge >= 0.3 is 5.97 Å². The molecule has 6 nitrogen and oxygen atoms in total. The van der Waals surface area contributed by atoms with E-state index >= 15 is 0 Å². The van der Waals surface area contributed by atoms with Crippen LogP contribution in [0.15, 0.2) is 29.2 Å². The minimum atomic E-state index is -3.54. The number of nitrogens with two attached hydrogens (primary N) is 1. The van der Waals surface area contributed by atoms with Crippen LogP contribution in [-0.4, -0.2) is 44.9 Å². The number of benzene rings is 1. The van der Waals surface area contributed by atoms with E-state index < -0.39 is 16.0 Å². The molecule has 1 fully saturated rings. The maximum Gasteiger partial charge on any atom is 0.337 e. The highest BCUT2D eigenvalue weighted by molar-refractivity contribution is 7.89. The van der Waals surface area contributed by atoms with Gasteiger partial charge < -0.3 is 10.5 Å². The third kappa shape index (κ3) is 3.00. The van der Waals surface area contributed by atoms with Crippen LogP contribution in [0.25, 0.3) is 0 Å². The van der Waals surface area contributed by atoms with Crippen molar-refractivity contribution < 1.29 is 17.9 Å². The average Bonchev–Trinajstić information content (AvgIpc) is 2.46. The molecule has 0 aliphatic carbocycles. The Balaban J connectivity index is 2.23. The lowest BCUT2D eigenvalue weighted by Gasteiger charge is -2.29. The van der Waals surface area contributed by atoms with Gasteiger partial charge in [-0.05, 0) is 37.1 Å². The second-order valence-corrected chi connectivity index (χ2v) is 6.72. The highest BCUT2D eigenvalue weighted by Crippen LogP contribution is 2.20. The van der Waals surface area contributed by atoms with E-state index in [0.29, 0.717) is 18.7 Å². The molecule has 20 heavy (non-hydrogen) atoms. The fourth-order valence-electron chi connectivity index (χ4n) is 2.22. The second-order valence-electron chi connectivity index (χ2n) is 4.78. The van der Waals surface area contributed by atoms with Gasteiger partial charge in [-0.1, -0.05) is 0 Å². The zero-order valence-electron chi connectivity index (χ0n) is 11.3. The highest BCUT2D eigenvalue weighted by atomic mass is 32.2. The van der Waals surface area contributed by atoms with Crippen LogP contribution < -0.4 is 5.73 Å². The van der Waals surface area contributed by atoms with E-state index in [2.05, 4.69) is 4.74 Å². The number of methoxy groups -OCH3 is 1. The van der Waals surface area contributed by atoms with Gasteiger partial charge in [0, 0.05) is 19.1 Å². The molecular formula is C13H18N2O4S. The summed E-state index contributed by atoms with van der Waals surface area (Å²) in [5.74, 6) is -0.492. The van der Waals surface area contributed by atoms with E-state index in [1.165, 1.54) is 35.7 Å². The molecule has 7 heteroatoms. The van der Waals surface area contributed by atoms with Gasteiger partial charge in [0.25, 0.3) is 0 Å². The minimum absolute atomic E-state index is 0.118. The molecule has 0 unspecified atom stereocenters. The number of carbonyl (C=O) groups is 1. The van der Waals surface area contributed by atoms with Gasteiger partial charge in [0.15, 0.2) is 0 Å². The molecule has 1 atom stereocenters. The Bertz CT molecular complexity index is 583. The number of esters is 1. The van der Waals surface area contributed by atoms with Crippen LogP contribution in [0.2, 0.25) is 0 Å². The van der Waals surface area contributed by atoms with E-state index in [4.69, 9.17) is 5.73 Å². The van der Waals surface area contributed by atoms with Crippen LogP contribution >= 0.6 is 0 Å². The van der Waals surface area contributed by atoms with E-state index in [0.717, 1.165) is 12.8 Å². The number of sulfonamides is 1. The minimum Gasteiger partial charge on any atom is -0.465 e. The molecule has 110 valence electrons. The van der Waals surface area contributed by atoms with Crippen LogP contribution in [0.4, 0.5) is 0 Å². The van der Waals surface area contributed by atoms with Crippen molar-refractivity contribution in [3.8, 4) is 0 Å². The maximum atomic E-state index is 12.4. The van der Waals surface area contributed by atoms with Crippen LogP contribution in [0.1, 0.15) is 23.2 Å². The molecule has 0 spiro atoms. The summed E-state index contributed by atoms with van der Waals surface area (Å²) >= 11 is 0. The highest BCUT2D eigenvalue weighted by Gasteiger charge is 2.28. The van der Waals surface area contributed by atoms with Crippen molar-refractivity contribution in [1.29, 1.82) is 0 Å². The third-order valence-corrected chi connectivity index (χ3v) is 5.21. The average molecular weight is 298 g/mol. The number of hydrogen-bond donors (Lipinski definition) is 1. The van der Waals surface area contributed by atoms with Crippen molar-refractivity contribution in [1.82, 2.24) is 4.31 Å². The summed E-state index contributed by atoms with van der Waals surface area (Å²) in [5, 5.41) is 0. The standard InChI is InChI=1S/C13H18N2O4S/c1-19-13(16)10-4-6-12(7-5-10)20(17,18)15-8-2-3-11(14)9-15/h4-7,11H,2-3,8-9,14H2,1H3/t11-/m1/s1. The first kappa shape index (κ1) is 15.0. The predicted octanol–water partition coefficient (Wildman–Crippen LogP) is 0.585. The number of rotatable bonds is 3. The molecule has 1 saturated heterocycles. The van der Waals surface area contributed by atoms with Gasteiger partial charge in [-0.2, -0.15) is 4.31 Å². The summed E-state index contributed by atoms with van der Waals surface area (Å²) in [6.07, 6.45) is 1.61. The SMILES string of the molecule is COC(=O)c1ccc(S(=O)(=O)N2CCC[C@@H](N)C2)cc1. The fraction of sp³-hybridized carbons (Fsp3) is 0.462. The molecule has 1 heterocycles. The Morgan fingerprint density at radius 2 is 2.00 bits per heavy atom. The Hall–Kier alpha value is -1.44. The maximum absolute atomic E-state index is 12.4. The Morgan fingerprint density at radius 3 is 2.55 bits per heavy atom. The molecule has 1 aromatic carbocycles. The summed E-state index contributed by atoms with van der Waals surface area (Å²) in [4.78, 5) is 11.5. The quantitative estimate of drug-likeness (QED) is 0.825. The van der Waals surface area contributed by atoms with E-state index in [1.54, 1.807) is 0 Å². The van der Waals surface area contributed by atoms with Crippen molar-refractivity contribution in [2.45, 2.75) is 23.8 Å². The smallest absolute Gasteiger partial charge is 0.337 e. The fourth-order valence-corrected chi connectivity index (χ4v) is 3.76. The normalized spacial score (nSPS) is 20.6. The first-order valence-corrected chi connectivity index (χ1v) is 7.83. The van der Waals surface area contributed by atoms with Crippen molar-refractivity contribution >= 4 is 16.0 Å². The lowest BCUT2D eigenvalue weighted by Crippen LogP contribution is -2.45. The molecule has 1 aromatic rings. The summed E-state index contributed by atoms with van der Waals surface area (Å²) in [5.41, 5.74) is 6.14. The Morgan fingerprint density at radius 1 is 1.35 bits per heavy atom. The number of hydrogen-bond acceptors (Lipinski definition) is 5. The van der Waals surface area contributed by atoms with E-state index in [1.807, 2.05) is 0 Å². The molecule has 0 bridgehead atoms. The van der Waals surface area contributed by atoms with Crippen LogP contribution in [-0.2, 0) is 14.8 Å².